The summed E-state index contributed by atoms with van der Waals surface area (Å²) in [4.78, 5) is 8.48. The van der Waals surface area contributed by atoms with E-state index in [9.17, 15) is 17.9 Å². The maximum atomic E-state index is 15.5. The van der Waals surface area contributed by atoms with Gasteiger partial charge in [0.25, 0.3) is 10.0 Å². The number of nitrogens with zero attached hydrogens (tertiary/aromatic N) is 2. The fourth-order valence-electron chi connectivity index (χ4n) is 4.44. The number of aromatic nitrogens is 2. The van der Waals surface area contributed by atoms with E-state index in [0.29, 0.717) is 29.7 Å². The second-order valence-electron chi connectivity index (χ2n) is 9.08. The molecule has 0 aliphatic heterocycles. The Bertz CT molecular complexity index is 1630. The minimum atomic E-state index is -4.33. The van der Waals surface area contributed by atoms with E-state index in [2.05, 4.69) is 20.0 Å². The van der Waals surface area contributed by atoms with Crippen LogP contribution in [-0.2, 0) is 10.0 Å². The van der Waals surface area contributed by atoms with E-state index >= 15 is 4.39 Å². The first-order valence-electron chi connectivity index (χ1n) is 11.8. The number of aliphatic hydroxyl groups is 1. The van der Waals surface area contributed by atoms with Crippen LogP contribution in [0.4, 0.5) is 20.4 Å². The van der Waals surface area contributed by atoms with Crippen molar-refractivity contribution in [2.24, 2.45) is 0 Å². The molecule has 0 spiro atoms. The second kappa shape index (κ2) is 10.6. The van der Waals surface area contributed by atoms with Gasteiger partial charge in [-0.1, -0.05) is 29.3 Å². The summed E-state index contributed by atoms with van der Waals surface area (Å²) in [5.41, 5.74) is -0.117. The van der Waals surface area contributed by atoms with Crippen LogP contribution >= 0.6 is 23.2 Å². The van der Waals surface area contributed by atoms with Crippen LogP contribution in [0.25, 0.3) is 22.0 Å². The molecule has 7 nitrogen and oxygen atoms in total. The van der Waals surface area contributed by atoms with Crippen molar-refractivity contribution >= 4 is 55.8 Å². The third-order valence-electron chi connectivity index (χ3n) is 6.42. The highest BCUT2D eigenvalue weighted by Gasteiger charge is 2.24. The highest BCUT2D eigenvalue weighted by molar-refractivity contribution is 7.92. The molecular formula is C26H22Cl2F2N4O3S. The number of hydrogen-bond donors (Lipinski definition) is 3. The molecule has 1 aromatic heterocycles. The van der Waals surface area contributed by atoms with Crippen LogP contribution in [0.5, 0.6) is 0 Å². The minimum Gasteiger partial charge on any atom is -0.393 e. The van der Waals surface area contributed by atoms with Crippen molar-refractivity contribution in [3.05, 3.63) is 76.4 Å². The molecule has 0 saturated heterocycles. The van der Waals surface area contributed by atoms with E-state index in [-0.39, 0.29) is 32.7 Å². The van der Waals surface area contributed by atoms with Crippen molar-refractivity contribution < 1.29 is 22.3 Å². The van der Waals surface area contributed by atoms with E-state index in [1.54, 1.807) is 12.3 Å². The van der Waals surface area contributed by atoms with Gasteiger partial charge in [0.05, 0.1) is 27.9 Å². The molecule has 0 radical (unpaired) electrons. The van der Waals surface area contributed by atoms with Gasteiger partial charge in [-0.3, -0.25) is 4.72 Å². The molecule has 12 heteroatoms. The number of sulfonamides is 1. The number of aliphatic hydroxyl groups excluding tert-OH is 1. The smallest absolute Gasteiger partial charge is 0.263 e. The standard InChI is InChI=1S/C26H22Cl2F2N4O3S/c27-16-2-7-19(28)23(12-16)38(36,37)34-22-10-8-20(29)24(25(22)30)14-1-9-21-15(11-14)13-31-26(33-21)32-17-3-5-18(35)6-4-17/h1-2,7-13,17-18,34-35H,3-6H2,(H,31,32,33). The lowest BCUT2D eigenvalue weighted by Crippen LogP contribution is -2.28. The van der Waals surface area contributed by atoms with Crippen LogP contribution in [0, 0.1) is 11.6 Å². The number of nitrogens with one attached hydrogen (secondary N) is 2. The lowest BCUT2D eigenvalue weighted by molar-refractivity contribution is 0.126. The van der Waals surface area contributed by atoms with Crippen molar-refractivity contribution in [2.75, 3.05) is 10.0 Å². The quantitative estimate of drug-likeness (QED) is 0.244. The molecule has 0 bridgehead atoms. The number of benzene rings is 3. The molecule has 1 aliphatic carbocycles. The molecule has 3 aromatic carbocycles. The molecule has 1 fully saturated rings. The van der Waals surface area contributed by atoms with Crippen LogP contribution < -0.4 is 10.0 Å². The predicted octanol–water partition coefficient (Wildman–Crippen LogP) is 6.40. The summed E-state index contributed by atoms with van der Waals surface area (Å²) in [7, 11) is -4.33. The van der Waals surface area contributed by atoms with E-state index in [1.165, 1.54) is 24.3 Å². The normalized spacial score (nSPS) is 17.9. The summed E-state index contributed by atoms with van der Waals surface area (Å²) >= 11 is 11.9. The Balaban J connectivity index is 1.44. The first kappa shape index (κ1) is 26.6. The zero-order valence-corrected chi connectivity index (χ0v) is 22.1. The lowest BCUT2D eigenvalue weighted by atomic mass is 9.93. The van der Waals surface area contributed by atoms with E-state index in [4.69, 9.17) is 23.2 Å². The van der Waals surface area contributed by atoms with E-state index in [1.807, 2.05) is 0 Å². The molecule has 198 valence electrons. The van der Waals surface area contributed by atoms with Gasteiger partial charge in [0.2, 0.25) is 5.95 Å². The highest BCUT2D eigenvalue weighted by Crippen LogP contribution is 2.34. The minimum absolute atomic E-state index is 0.103. The fraction of sp³-hybridized carbons (Fsp3) is 0.231. The van der Waals surface area contributed by atoms with Gasteiger partial charge in [0, 0.05) is 22.6 Å². The first-order valence-corrected chi connectivity index (χ1v) is 14.0. The molecule has 4 aromatic rings. The monoisotopic (exact) mass is 578 g/mol. The maximum absolute atomic E-state index is 15.5. The molecule has 0 atom stereocenters. The van der Waals surface area contributed by atoms with Gasteiger partial charge < -0.3 is 10.4 Å². The number of fused-ring (bicyclic) bond motifs is 1. The van der Waals surface area contributed by atoms with Gasteiger partial charge >= 0.3 is 0 Å². The first-order chi connectivity index (χ1) is 18.1. The molecular weight excluding hydrogens is 557 g/mol. The van der Waals surface area contributed by atoms with Crippen LogP contribution in [-0.4, -0.2) is 35.6 Å². The third kappa shape index (κ3) is 5.54. The molecule has 3 N–H and O–H groups in total. The van der Waals surface area contributed by atoms with Gasteiger partial charge in [0.15, 0.2) is 5.82 Å². The Morgan fingerprint density at radius 3 is 2.50 bits per heavy atom. The van der Waals surface area contributed by atoms with E-state index < -0.39 is 32.9 Å². The summed E-state index contributed by atoms with van der Waals surface area (Å²) < 4.78 is 58.2. The zero-order chi connectivity index (χ0) is 27.0. The molecule has 38 heavy (non-hydrogen) atoms. The van der Waals surface area contributed by atoms with Crippen molar-refractivity contribution in [1.82, 2.24) is 9.97 Å². The lowest BCUT2D eigenvalue weighted by Gasteiger charge is -2.26. The van der Waals surface area contributed by atoms with Crippen LogP contribution in [0.1, 0.15) is 25.7 Å². The van der Waals surface area contributed by atoms with Gasteiger partial charge in [-0.2, -0.15) is 0 Å². The maximum Gasteiger partial charge on any atom is 0.263 e. The topological polar surface area (TPSA) is 104 Å². The fourth-order valence-corrected chi connectivity index (χ4v) is 6.26. The molecule has 5 rings (SSSR count). The summed E-state index contributed by atoms with van der Waals surface area (Å²) in [6.45, 7) is 0. The summed E-state index contributed by atoms with van der Waals surface area (Å²) in [6, 6.07) is 10.6. The van der Waals surface area contributed by atoms with Crippen molar-refractivity contribution in [3.63, 3.8) is 0 Å². The SMILES string of the molecule is O=S(=O)(Nc1ccc(F)c(-c2ccc3nc(NC4CCC(O)CC4)ncc3c2)c1F)c1cc(Cl)ccc1Cl. The van der Waals surface area contributed by atoms with Crippen molar-refractivity contribution in [1.29, 1.82) is 0 Å². The average Bonchev–Trinajstić information content (AvgIpc) is 2.88. The van der Waals surface area contributed by atoms with Crippen LogP contribution in [0.15, 0.2) is 59.6 Å². The van der Waals surface area contributed by atoms with Gasteiger partial charge in [-0.15, -0.1) is 0 Å². The zero-order valence-electron chi connectivity index (χ0n) is 19.8. The summed E-state index contributed by atoms with van der Waals surface area (Å²) in [5, 5.41) is 13.5. The Morgan fingerprint density at radius 1 is 0.974 bits per heavy atom. The van der Waals surface area contributed by atoms with Gasteiger partial charge in [-0.05, 0) is 73.7 Å². The van der Waals surface area contributed by atoms with Crippen LogP contribution in [0.2, 0.25) is 10.0 Å². The van der Waals surface area contributed by atoms with Crippen molar-refractivity contribution in [3.8, 4) is 11.1 Å². The van der Waals surface area contributed by atoms with Gasteiger partial charge in [0.1, 0.15) is 10.7 Å². The number of rotatable bonds is 6. The summed E-state index contributed by atoms with van der Waals surface area (Å²) in [6.07, 6.45) is 4.33. The molecule has 0 amide bonds. The van der Waals surface area contributed by atoms with E-state index in [0.717, 1.165) is 31.0 Å². The second-order valence-corrected chi connectivity index (χ2v) is 11.6. The third-order valence-corrected chi connectivity index (χ3v) is 8.50. The largest absolute Gasteiger partial charge is 0.393 e. The molecule has 1 aliphatic rings. The molecule has 0 unspecified atom stereocenters. The Kier molecular flexibility index (Phi) is 7.41. The number of halogens is 4. The summed E-state index contributed by atoms with van der Waals surface area (Å²) in [5.74, 6) is -1.53. The van der Waals surface area contributed by atoms with Gasteiger partial charge in [-0.25, -0.2) is 27.2 Å². The highest BCUT2D eigenvalue weighted by atomic mass is 35.5. The molecule has 1 saturated carbocycles. The average molecular weight is 579 g/mol. The molecule has 1 heterocycles. The van der Waals surface area contributed by atoms with Crippen molar-refractivity contribution in [2.45, 2.75) is 42.7 Å². The van der Waals surface area contributed by atoms with Crippen LogP contribution in [0.3, 0.4) is 0 Å². The Labute approximate surface area is 227 Å². The Morgan fingerprint density at radius 2 is 1.74 bits per heavy atom. The predicted molar refractivity (Wildman–Crippen MR) is 144 cm³/mol. The number of anilines is 2. The number of hydrogen-bond acceptors (Lipinski definition) is 6. The Hall–Kier alpha value is -3.05.